The Bertz CT molecular complexity index is 286. The van der Waals surface area contributed by atoms with Crippen LogP contribution in [-0.2, 0) is 0 Å². The summed E-state index contributed by atoms with van der Waals surface area (Å²) in [5, 5.41) is 8.42. The average Bonchev–Trinajstić information content (AvgIpc) is 2.15. The van der Waals surface area contributed by atoms with Crippen LogP contribution < -0.4 is 10.5 Å². The van der Waals surface area contributed by atoms with Gasteiger partial charge in [-0.1, -0.05) is 0 Å². The van der Waals surface area contributed by atoms with Gasteiger partial charge in [0.05, 0.1) is 12.2 Å². The van der Waals surface area contributed by atoms with Crippen LogP contribution in [0.2, 0.25) is 0 Å². The molecule has 0 unspecified atom stereocenters. The van der Waals surface area contributed by atoms with Crippen LogP contribution in [-0.4, -0.2) is 34.2 Å². The molecule has 6 heteroatoms. The molecular formula is C7H9N3O3. The largest absolute Gasteiger partial charge is 0.461 e. The summed E-state index contributed by atoms with van der Waals surface area (Å²) in [6.45, 7) is 0.0108. The van der Waals surface area contributed by atoms with Crippen molar-refractivity contribution >= 4 is 5.91 Å². The van der Waals surface area contributed by atoms with E-state index >= 15 is 0 Å². The van der Waals surface area contributed by atoms with Crippen LogP contribution in [0.4, 0.5) is 0 Å². The normalized spacial score (nSPS) is 9.62. The van der Waals surface area contributed by atoms with E-state index in [9.17, 15) is 4.79 Å². The van der Waals surface area contributed by atoms with Gasteiger partial charge in [-0.3, -0.25) is 4.79 Å². The van der Waals surface area contributed by atoms with Crippen LogP contribution >= 0.6 is 0 Å². The molecule has 0 aromatic carbocycles. The second-order valence-electron chi connectivity index (χ2n) is 2.19. The standard InChI is InChI=1S/C7H9N3O3/c8-6(12)5-3-9-7(10-4-5)13-2-1-11/h3-4,11H,1-2H2,(H2,8,12). The fourth-order valence-electron chi connectivity index (χ4n) is 0.655. The molecule has 0 fully saturated rings. The molecule has 0 radical (unpaired) electrons. The minimum atomic E-state index is -0.589. The smallest absolute Gasteiger partial charge is 0.316 e. The lowest BCUT2D eigenvalue weighted by Crippen LogP contribution is -2.12. The Hall–Kier alpha value is -1.69. The summed E-state index contributed by atoms with van der Waals surface area (Å²) in [6, 6.07) is 0.110. The first-order valence-electron chi connectivity index (χ1n) is 3.59. The van der Waals surface area contributed by atoms with E-state index in [2.05, 4.69) is 9.97 Å². The van der Waals surface area contributed by atoms with Gasteiger partial charge in [-0.2, -0.15) is 0 Å². The Kier molecular flexibility index (Phi) is 3.15. The number of amides is 1. The molecule has 70 valence electrons. The maximum atomic E-state index is 10.6. The monoisotopic (exact) mass is 183 g/mol. The first kappa shape index (κ1) is 9.40. The highest BCUT2D eigenvalue weighted by molar-refractivity contribution is 5.92. The molecule has 1 aromatic heterocycles. The van der Waals surface area contributed by atoms with Crippen molar-refractivity contribution in [2.45, 2.75) is 0 Å². The number of ether oxygens (including phenoxy) is 1. The number of carbonyl (C=O) groups is 1. The maximum absolute atomic E-state index is 10.6. The molecule has 0 atom stereocenters. The highest BCUT2D eigenvalue weighted by atomic mass is 16.5. The van der Waals surface area contributed by atoms with Crippen molar-refractivity contribution < 1.29 is 14.6 Å². The summed E-state index contributed by atoms with van der Waals surface area (Å²) in [4.78, 5) is 18.0. The third-order valence-corrected chi connectivity index (χ3v) is 1.24. The average molecular weight is 183 g/mol. The molecule has 6 nitrogen and oxygen atoms in total. The molecule has 1 rings (SSSR count). The van der Waals surface area contributed by atoms with Gasteiger partial charge in [0.25, 0.3) is 5.91 Å². The highest BCUT2D eigenvalue weighted by Crippen LogP contribution is 2.01. The molecule has 0 spiro atoms. The van der Waals surface area contributed by atoms with Crippen molar-refractivity contribution in [2.24, 2.45) is 5.73 Å². The van der Waals surface area contributed by atoms with Crippen LogP contribution in [0.15, 0.2) is 12.4 Å². The van der Waals surface area contributed by atoms with Gasteiger partial charge in [0, 0.05) is 12.4 Å². The third-order valence-electron chi connectivity index (χ3n) is 1.24. The van der Waals surface area contributed by atoms with Gasteiger partial charge in [-0.15, -0.1) is 0 Å². The van der Waals surface area contributed by atoms with Crippen molar-refractivity contribution in [1.82, 2.24) is 9.97 Å². The van der Waals surface area contributed by atoms with Crippen molar-refractivity contribution in [1.29, 1.82) is 0 Å². The summed E-state index contributed by atoms with van der Waals surface area (Å²) in [5.74, 6) is -0.589. The Morgan fingerprint density at radius 3 is 2.62 bits per heavy atom. The zero-order chi connectivity index (χ0) is 9.68. The second kappa shape index (κ2) is 4.36. The van der Waals surface area contributed by atoms with E-state index in [1.807, 2.05) is 0 Å². The fourth-order valence-corrected chi connectivity index (χ4v) is 0.655. The Labute approximate surface area is 74.4 Å². The second-order valence-corrected chi connectivity index (χ2v) is 2.19. The molecule has 0 bridgehead atoms. The Balaban J connectivity index is 2.64. The molecule has 1 amide bonds. The zero-order valence-electron chi connectivity index (χ0n) is 6.80. The van der Waals surface area contributed by atoms with Gasteiger partial charge >= 0.3 is 6.01 Å². The minimum absolute atomic E-state index is 0.110. The number of carbonyl (C=O) groups excluding carboxylic acids is 1. The predicted molar refractivity (Wildman–Crippen MR) is 43.1 cm³/mol. The van der Waals surface area contributed by atoms with E-state index < -0.39 is 5.91 Å². The van der Waals surface area contributed by atoms with Gasteiger partial charge in [0.15, 0.2) is 0 Å². The SMILES string of the molecule is NC(=O)c1cnc(OCCO)nc1. The summed E-state index contributed by atoms with van der Waals surface area (Å²) >= 11 is 0. The summed E-state index contributed by atoms with van der Waals surface area (Å²) in [6.07, 6.45) is 2.53. The van der Waals surface area contributed by atoms with E-state index in [-0.39, 0.29) is 24.8 Å². The van der Waals surface area contributed by atoms with E-state index in [1.165, 1.54) is 12.4 Å². The van der Waals surface area contributed by atoms with Gasteiger partial charge in [0.1, 0.15) is 6.61 Å². The third kappa shape index (κ3) is 2.68. The molecule has 0 aliphatic rings. The first-order chi connectivity index (χ1) is 6.24. The number of nitrogens with two attached hydrogens (primary N) is 1. The van der Waals surface area contributed by atoms with Crippen molar-refractivity contribution in [3.8, 4) is 6.01 Å². The van der Waals surface area contributed by atoms with Crippen LogP contribution in [0, 0.1) is 0 Å². The van der Waals surface area contributed by atoms with Gasteiger partial charge in [-0.25, -0.2) is 9.97 Å². The Morgan fingerprint density at radius 2 is 2.15 bits per heavy atom. The molecule has 1 heterocycles. The predicted octanol–water partition coefficient (Wildman–Crippen LogP) is -1.05. The summed E-state index contributed by atoms with van der Waals surface area (Å²) in [5.41, 5.74) is 5.18. The number of primary amides is 1. The molecule has 1 aromatic rings. The highest BCUT2D eigenvalue weighted by Gasteiger charge is 2.02. The van der Waals surface area contributed by atoms with Gasteiger partial charge < -0.3 is 15.6 Å². The molecule has 3 N–H and O–H groups in total. The molecule has 0 aliphatic carbocycles. The van der Waals surface area contributed by atoms with Crippen LogP contribution in [0.25, 0.3) is 0 Å². The quantitative estimate of drug-likeness (QED) is 0.620. The summed E-state index contributed by atoms with van der Waals surface area (Å²) in [7, 11) is 0. The number of hydrogen-bond donors (Lipinski definition) is 2. The number of nitrogens with zero attached hydrogens (tertiary/aromatic N) is 2. The first-order valence-corrected chi connectivity index (χ1v) is 3.59. The molecule has 13 heavy (non-hydrogen) atoms. The topological polar surface area (TPSA) is 98.3 Å². The van der Waals surface area contributed by atoms with E-state index in [0.717, 1.165) is 0 Å². The number of rotatable bonds is 4. The van der Waals surface area contributed by atoms with Crippen molar-refractivity contribution in [2.75, 3.05) is 13.2 Å². The summed E-state index contributed by atoms with van der Waals surface area (Å²) < 4.78 is 4.87. The van der Waals surface area contributed by atoms with E-state index in [0.29, 0.717) is 0 Å². The molecule has 0 saturated heterocycles. The van der Waals surface area contributed by atoms with Crippen LogP contribution in [0.3, 0.4) is 0 Å². The lowest BCUT2D eigenvalue weighted by Gasteiger charge is -2.00. The minimum Gasteiger partial charge on any atom is -0.461 e. The lowest BCUT2D eigenvalue weighted by atomic mass is 10.3. The zero-order valence-corrected chi connectivity index (χ0v) is 6.80. The number of hydrogen-bond acceptors (Lipinski definition) is 5. The molecule has 0 saturated carbocycles. The van der Waals surface area contributed by atoms with Crippen LogP contribution in [0.1, 0.15) is 10.4 Å². The number of aliphatic hydroxyl groups is 1. The van der Waals surface area contributed by atoms with Crippen molar-refractivity contribution in [3.63, 3.8) is 0 Å². The van der Waals surface area contributed by atoms with E-state index in [1.54, 1.807) is 0 Å². The van der Waals surface area contributed by atoms with Crippen molar-refractivity contribution in [3.05, 3.63) is 18.0 Å². The molecular weight excluding hydrogens is 174 g/mol. The van der Waals surface area contributed by atoms with Gasteiger partial charge in [-0.05, 0) is 0 Å². The molecule has 0 aliphatic heterocycles. The number of aliphatic hydroxyl groups excluding tert-OH is 1. The maximum Gasteiger partial charge on any atom is 0.316 e. The van der Waals surface area contributed by atoms with E-state index in [4.69, 9.17) is 15.6 Å². The van der Waals surface area contributed by atoms with Gasteiger partial charge in [0.2, 0.25) is 0 Å². The number of aromatic nitrogens is 2. The van der Waals surface area contributed by atoms with Crippen LogP contribution in [0.5, 0.6) is 6.01 Å². The fraction of sp³-hybridized carbons (Fsp3) is 0.286. The lowest BCUT2D eigenvalue weighted by molar-refractivity contribution is 0.0999. The Morgan fingerprint density at radius 1 is 1.54 bits per heavy atom.